The summed E-state index contributed by atoms with van der Waals surface area (Å²) in [5, 5.41) is 5.54. The number of rotatable bonds is 6. The van der Waals surface area contributed by atoms with Crippen LogP contribution in [0.15, 0.2) is 84.6 Å². The summed E-state index contributed by atoms with van der Waals surface area (Å²) >= 11 is 2.20. The van der Waals surface area contributed by atoms with Gasteiger partial charge in [0.15, 0.2) is 0 Å². The van der Waals surface area contributed by atoms with Crippen molar-refractivity contribution in [3.05, 3.63) is 99.3 Å². The van der Waals surface area contributed by atoms with Crippen LogP contribution in [0.5, 0.6) is 5.75 Å². The molecule has 0 unspecified atom stereocenters. The van der Waals surface area contributed by atoms with Gasteiger partial charge in [0.05, 0.1) is 7.11 Å². The van der Waals surface area contributed by atoms with E-state index < -0.39 is 5.91 Å². The van der Waals surface area contributed by atoms with Gasteiger partial charge in [0.2, 0.25) is 0 Å². The Hall–Kier alpha value is -3.13. The fourth-order valence-electron chi connectivity index (χ4n) is 2.54. The summed E-state index contributed by atoms with van der Waals surface area (Å²) in [6, 6.07) is 23.4. The van der Waals surface area contributed by atoms with Crippen LogP contribution in [-0.2, 0) is 4.79 Å². The Morgan fingerprint density at radius 1 is 0.897 bits per heavy atom. The maximum atomic E-state index is 12.9. The molecule has 6 heteroatoms. The molecule has 0 fully saturated rings. The van der Waals surface area contributed by atoms with Crippen LogP contribution >= 0.6 is 22.6 Å². The van der Waals surface area contributed by atoms with Gasteiger partial charge in [0.1, 0.15) is 11.4 Å². The number of nitrogens with one attached hydrogen (secondary N) is 2. The van der Waals surface area contributed by atoms with Crippen LogP contribution < -0.4 is 15.4 Å². The normalized spacial score (nSPS) is 10.9. The Morgan fingerprint density at radius 3 is 2.17 bits per heavy atom. The van der Waals surface area contributed by atoms with Crippen molar-refractivity contribution < 1.29 is 14.3 Å². The zero-order chi connectivity index (χ0) is 20.6. The maximum Gasteiger partial charge on any atom is 0.272 e. The molecule has 0 heterocycles. The van der Waals surface area contributed by atoms with E-state index in [0.717, 1.165) is 9.13 Å². The molecule has 0 spiro atoms. The van der Waals surface area contributed by atoms with Crippen molar-refractivity contribution in [2.45, 2.75) is 0 Å². The summed E-state index contributed by atoms with van der Waals surface area (Å²) in [5.74, 6) is -0.0604. The van der Waals surface area contributed by atoms with Gasteiger partial charge in [-0.2, -0.15) is 0 Å². The molecule has 3 aromatic rings. The molecule has 0 radical (unpaired) electrons. The fraction of sp³-hybridized carbons (Fsp3) is 0.0435. The van der Waals surface area contributed by atoms with Crippen molar-refractivity contribution in [2.24, 2.45) is 0 Å². The number of ether oxygens (including phenoxy) is 1. The van der Waals surface area contributed by atoms with Crippen LogP contribution in [0.1, 0.15) is 15.9 Å². The molecule has 0 bridgehead atoms. The van der Waals surface area contributed by atoms with Crippen LogP contribution in [0.25, 0.3) is 6.08 Å². The topological polar surface area (TPSA) is 67.4 Å². The maximum absolute atomic E-state index is 12.9. The summed E-state index contributed by atoms with van der Waals surface area (Å²) in [6.45, 7) is 0. The minimum atomic E-state index is -0.411. The Balaban J connectivity index is 1.86. The number of benzene rings is 3. The number of carbonyl (C=O) groups is 2. The lowest BCUT2D eigenvalue weighted by Crippen LogP contribution is -2.30. The first-order valence-electron chi connectivity index (χ1n) is 8.84. The highest BCUT2D eigenvalue weighted by Gasteiger charge is 2.15. The third-order valence-electron chi connectivity index (χ3n) is 4.06. The van der Waals surface area contributed by atoms with Gasteiger partial charge in [-0.1, -0.05) is 30.3 Å². The van der Waals surface area contributed by atoms with Crippen LogP contribution in [0.2, 0.25) is 0 Å². The number of halogens is 1. The van der Waals surface area contributed by atoms with E-state index in [4.69, 9.17) is 4.74 Å². The second kappa shape index (κ2) is 9.88. The summed E-state index contributed by atoms with van der Waals surface area (Å²) in [5.41, 5.74) is 2.01. The molecule has 0 aromatic heterocycles. The number of carbonyl (C=O) groups excluding carboxylic acids is 2. The first-order valence-corrected chi connectivity index (χ1v) is 9.92. The zero-order valence-corrected chi connectivity index (χ0v) is 17.8. The summed E-state index contributed by atoms with van der Waals surface area (Å²) in [7, 11) is 1.59. The summed E-state index contributed by atoms with van der Waals surface area (Å²) in [4.78, 5) is 25.5. The fourth-order valence-corrected chi connectivity index (χ4v) is 2.90. The van der Waals surface area contributed by atoms with Gasteiger partial charge >= 0.3 is 0 Å². The van der Waals surface area contributed by atoms with Gasteiger partial charge in [-0.05, 0) is 82.8 Å². The van der Waals surface area contributed by atoms with E-state index in [1.54, 1.807) is 49.6 Å². The van der Waals surface area contributed by atoms with Crippen LogP contribution in [0.3, 0.4) is 0 Å². The Kier molecular flexibility index (Phi) is 7.02. The molecular formula is C23H19IN2O3. The highest BCUT2D eigenvalue weighted by Crippen LogP contribution is 2.16. The van der Waals surface area contributed by atoms with E-state index in [0.29, 0.717) is 17.0 Å². The van der Waals surface area contributed by atoms with Gasteiger partial charge in [-0.15, -0.1) is 0 Å². The number of hydrogen-bond acceptors (Lipinski definition) is 3. The lowest BCUT2D eigenvalue weighted by molar-refractivity contribution is -0.113. The van der Waals surface area contributed by atoms with Gasteiger partial charge in [-0.25, -0.2) is 0 Å². The lowest BCUT2D eigenvalue weighted by atomic mass is 10.1. The van der Waals surface area contributed by atoms with Gasteiger partial charge < -0.3 is 15.4 Å². The summed E-state index contributed by atoms with van der Waals surface area (Å²) in [6.07, 6.45) is 1.63. The molecule has 29 heavy (non-hydrogen) atoms. The van der Waals surface area contributed by atoms with Crippen LogP contribution in [0.4, 0.5) is 5.69 Å². The Bertz CT molecular complexity index is 1010. The smallest absolute Gasteiger partial charge is 0.272 e. The van der Waals surface area contributed by atoms with Gasteiger partial charge in [0.25, 0.3) is 11.8 Å². The molecule has 0 aliphatic heterocycles. The zero-order valence-electron chi connectivity index (χ0n) is 15.7. The Labute approximate surface area is 182 Å². The standard InChI is InChI=1S/C23H19IN2O3/c1-29-20-13-7-16(8-14-20)15-21(26-22(27)17-5-3-2-4-6-17)23(28)25-19-11-9-18(24)10-12-19/h2-15H,1H3,(H,25,28)(H,26,27)/b21-15-. The first-order chi connectivity index (χ1) is 14.0. The molecule has 0 aliphatic carbocycles. The van der Waals surface area contributed by atoms with E-state index in [2.05, 4.69) is 33.2 Å². The Morgan fingerprint density at radius 2 is 1.55 bits per heavy atom. The molecule has 5 nitrogen and oxygen atoms in total. The van der Waals surface area contributed by atoms with Crippen molar-refractivity contribution in [2.75, 3.05) is 12.4 Å². The number of hydrogen-bond donors (Lipinski definition) is 2. The van der Waals surface area contributed by atoms with E-state index in [1.165, 1.54) is 0 Å². The second-order valence-electron chi connectivity index (χ2n) is 6.11. The predicted octanol–water partition coefficient (Wildman–Crippen LogP) is 4.71. The van der Waals surface area contributed by atoms with E-state index >= 15 is 0 Å². The number of anilines is 1. The largest absolute Gasteiger partial charge is 0.497 e. The van der Waals surface area contributed by atoms with E-state index in [-0.39, 0.29) is 11.6 Å². The third kappa shape index (κ3) is 5.92. The molecular weight excluding hydrogens is 479 g/mol. The highest BCUT2D eigenvalue weighted by atomic mass is 127. The van der Waals surface area contributed by atoms with E-state index in [1.807, 2.05) is 42.5 Å². The molecule has 146 valence electrons. The number of methoxy groups -OCH3 is 1. The van der Waals surface area contributed by atoms with Crippen LogP contribution in [-0.4, -0.2) is 18.9 Å². The average molecular weight is 498 g/mol. The highest BCUT2D eigenvalue weighted by molar-refractivity contribution is 14.1. The molecule has 0 saturated carbocycles. The molecule has 2 N–H and O–H groups in total. The van der Waals surface area contributed by atoms with Crippen molar-refractivity contribution in [1.82, 2.24) is 5.32 Å². The summed E-state index contributed by atoms with van der Waals surface area (Å²) < 4.78 is 6.22. The molecule has 0 saturated heterocycles. The quantitative estimate of drug-likeness (QED) is 0.382. The SMILES string of the molecule is COc1ccc(/C=C(\NC(=O)c2ccccc2)C(=O)Nc2ccc(I)cc2)cc1. The van der Waals surface area contributed by atoms with E-state index in [9.17, 15) is 9.59 Å². The monoisotopic (exact) mass is 498 g/mol. The van der Waals surface area contributed by atoms with Gasteiger partial charge in [-0.3, -0.25) is 9.59 Å². The molecule has 0 aliphatic rings. The lowest BCUT2D eigenvalue weighted by Gasteiger charge is -2.12. The van der Waals surface area contributed by atoms with Crippen molar-refractivity contribution in [1.29, 1.82) is 0 Å². The average Bonchev–Trinajstić information content (AvgIpc) is 2.76. The van der Waals surface area contributed by atoms with Crippen LogP contribution in [0, 0.1) is 3.57 Å². The van der Waals surface area contributed by atoms with Crippen molar-refractivity contribution >= 4 is 46.2 Å². The predicted molar refractivity (Wildman–Crippen MR) is 123 cm³/mol. The second-order valence-corrected chi connectivity index (χ2v) is 7.36. The minimum Gasteiger partial charge on any atom is -0.497 e. The molecule has 0 atom stereocenters. The molecule has 3 rings (SSSR count). The third-order valence-corrected chi connectivity index (χ3v) is 4.78. The number of amides is 2. The van der Waals surface area contributed by atoms with Gasteiger partial charge in [0, 0.05) is 14.8 Å². The molecule has 3 aromatic carbocycles. The molecule has 2 amide bonds. The first kappa shape index (κ1) is 20.6. The minimum absolute atomic E-state index is 0.141. The van der Waals surface area contributed by atoms with Crippen molar-refractivity contribution in [3.8, 4) is 5.75 Å². The van der Waals surface area contributed by atoms with Crippen molar-refractivity contribution in [3.63, 3.8) is 0 Å².